The smallest absolute Gasteiger partial charge is 0.239 e. The molecule has 0 saturated carbocycles. The van der Waals surface area contributed by atoms with Gasteiger partial charge in [-0.05, 0) is 23.8 Å². The van der Waals surface area contributed by atoms with Crippen LogP contribution in [0.3, 0.4) is 0 Å². The summed E-state index contributed by atoms with van der Waals surface area (Å²) in [6, 6.07) is 17.4. The molecule has 0 bridgehead atoms. The van der Waals surface area contributed by atoms with Gasteiger partial charge < -0.3 is 4.74 Å². The summed E-state index contributed by atoms with van der Waals surface area (Å²) in [6.07, 6.45) is 1.52. The lowest BCUT2D eigenvalue weighted by Crippen LogP contribution is -2.06. The van der Waals surface area contributed by atoms with Gasteiger partial charge in [0.2, 0.25) is 14.9 Å². The van der Waals surface area contributed by atoms with E-state index in [4.69, 9.17) is 4.74 Å². The number of benzene rings is 2. The van der Waals surface area contributed by atoms with Crippen molar-refractivity contribution in [1.29, 1.82) is 0 Å². The molecule has 0 aliphatic heterocycles. The van der Waals surface area contributed by atoms with Crippen LogP contribution in [0.2, 0.25) is 0 Å². The molecule has 3 nitrogen and oxygen atoms in total. The van der Waals surface area contributed by atoms with E-state index in [-0.39, 0.29) is 9.99 Å². The van der Waals surface area contributed by atoms with E-state index in [2.05, 4.69) is 0 Å². The minimum Gasteiger partial charge on any atom is -0.486 e. The fourth-order valence-corrected chi connectivity index (χ4v) is 2.91. The summed E-state index contributed by atoms with van der Waals surface area (Å²) in [6.45, 7) is 0. The van der Waals surface area contributed by atoms with Crippen LogP contribution in [0, 0.1) is 0 Å². The van der Waals surface area contributed by atoms with Gasteiger partial charge >= 0.3 is 0 Å². The van der Waals surface area contributed by atoms with Gasteiger partial charge in [0.05, 0.1) is 12.0 Å². The quantitative estimate of drug-likeness (QED) is 0.805. The van der Waals surface area contributed by atoms with Gasteiger partial charge in [0.15, 0.2) is 0 Å². The zero-order chi connectivity index (χ0) is 13.7. The highest BCUT2D eigenvalue weighted by atomic mass is 32.2. The fourth-order valence-electron chi connectivity index (χ4n) is 1.65. The Morgan fingerprint density at radius 2 is 1.47 bits per heavy atom. The molecular formula is C15H14O3S. The van der Waals surface area contributed by atoms with E-state index in [9.17, 15) is 8.42 Å². The third-order valence-electron chi connectivity index (χ3n) is 2.60. The van der Waals surface area contributed by atoms with Crippen molar-refractivity contribution in [2.24, 2.45) is 0 Å². The highest BCUT2D eigenvalue weighted by Gasteiger charge is 2.21. The van der Waals surface area contributed by atoms with Gasteiger partial charge in [0, 0.05) is 0 Å². The number of rotatable bonds is 4. The van der Waals surface area contributed by atoms with Gasteiger partial charge in [0.1, 0.15) is 0 Å². The molecule has 98 valence electrons. The summed E-state index contributed by atoms with van der Waals surface area (Å²) in [5.74, 6) is 0. The van der Waals surface area contributed by atoms with E-state index in [1.54, 1.807) is 30.3 Å². The second kappa shape index (κ2) is 5.71. The Morgan fingerprint density at radius 3 is 2.00 bits per heavy atom. The number of hydrogen-bond acceptors (Lipinski definition) is 3. The maximum absolute atomic E-state index is 12.4. The van der Waals surface area contributed by atoms with Crippen LogP contribution in [0.4, 0.5) is 0 Å². The van der Waals surface area contributed by atoms with E-state index in [0.717, 1.165) is 5.56 Å². The molecule has 0 radical (unpaired) electrons. The largest absolute Gasteiger partial charge is 0.486 e. The van der Waals surface area contributed by atoms with Gasteiger partial charge in [-0.25, -0.2) is 8.42 Å². The molecule has 0 N–H and O–H groups in total. The highest BCUT2D eigenvalue weighted by Crippen LogP contribution is 2.21. The van der Waals surface area contributed by atoms with E-state index in [1.807, 2.05) is 30.3 Å². The molecule has 4 heteroatoms. The topological polar surface area (TPSA) is 43.4 Å². The van der Waals surface area contributed by atoms with Crippen LogP contribution in [0.1, 0.15) is 5.56 Å². The van der Waals surface area contributed by atoms with Crippen molar-refractivity contribution in [2.45, 2.75) is 4.90 Å². The molecule has 0 spiro atoms. The molecular weight excluding hydrogens is 260 g/mol. The Balaban J connectivity index is 2.46. The number of ether oxygens (including phenoxy) is 1. The van der Waals surface area contributed by atoms with Crippen molar-refractivity contribution in [2.75, 3.05) is 7.11 Å². The first-order chi connectivity index (χ1) is 9.14. The van der Waals surface area contributed by atoms with Crippen LogP contribution in [0.5, 0.6) is 0 Å². The summed E-state index contributed by atoms with van der Waals surface area (Å²) >= 11 is 0. The first-order valence-corrected chi connectivity index (χ1v) is 7.24. The molecule has 0 saturated heterocycles. The van der Waals surface area contributed by atoms with Crippen molar-refractivity contribution < 1.29 is 13.2 Å². The van der Waals surface area contributed by atoms with Gasteiger partial charge in [-0.15, -0.1) is 0 Å². The zero-order valence-corrected chi connectivity index (χ0v) is 11.3. The van der Waals surface area contributed by atoms with Crippen molar-refractivity contribution in [3.05, 3.63) is 71.3 Å². The van der Waals surface area contributed by atoms with Crippen LogP contribution in [0.25, 0.3) is 6.08 Å². The first kappa shape index (κ1) is 13.4. The lowest BCUT2D eigenvalue weighted by Gasteiger charge is -2.08. The van der Waals surface area contributed by atoms with Crippen LogP contribution in [-0.4, -0.2) is 15.5 Å². The molecule has 19 heavy (non-hydrogen) atoms. The second-order valence-corrected chi connectivity index (χ2v) is 5.78. The molecule has 0 amide bonds. The molecule has 0 heterocycles. The molecule has 2 aromatic carbocycles. The third kappa shape index (κ3) is 3.03. The SMILES string of the molecule is CO/C(=C/c1ccccc1)S(=O)(=O)c1ccccc1. The van der Waals surface area contributed by atoms with Crippen molar-refractivity contribution >= 4 is 15.9 Å². The van der Waals surface area contributed by atoms with Gasteiger partial charge in [-0.2, -0.15) is 0 Å². The van der Waals surface area contributed by atoms with Crippen LogP contribution in [0.15, 0.2) is 70.7 Å². The van der Waals surface area contributed by atoms with Crippen molar-refractivity contribution in [3.63, 3.8) is 0 Å². The highest BCUT2D eigenvalue weighted by molar-refractivity contribution is 7.95. The van der Waals surface area contributed by atoms with E-state index < -0.39 is 9.84 Å². The first-order valence-electron chi connectivity index (χ1n) is 5.75. The van der Waals surface area contributed by atoms with Gasteiger partial charge in [-0.3, -0.25) is 0 Å². The van der Waals surface area contributed by atoms with Gasteiger partial charge in [0.25, 0.3) is 0 Å². The summed E-state index contributed by atoms with van der Waals surface area (Å²) < 4.78 is 29.8. The number of hydrogen-bond donors (Lipinski definition) is 0. The lowest BCUT2D eigenvalue weighted by molar-refractivity contribution is 0.320. The van der Waals surface area contributed by atoms with Crippen molar-refractivity contribution in [3.8, 4) is 0 Å². The summed E-state index contributed by atoms with van der Waals surface area (Å²) in [5.41, 5.74) is 0.777. The molecule has 0 aliphatic rings. The maximum Gasteiger partial charge on any atom is 0.239 e. The molecule has 0 unspecified atom stereocenters. The van der Waals surface area contributed by atoms with Crippen LogP contribution >= 0.6 is 0 Å². The Bertz CT molecular complexity index is 659. The summed E-state index contributed by atoms with van der Waals surface area (Å²) in [7, 11) is -2.25. The number of methoxy groups -OCH3 is 1. The lowest BCUT2D eigenvalue weighted by atomic mass is 10.2. The normalized spacial score (nSPS) is 12.2. The molecule has 0 atom stereocenters. The average molecular weight is 274 g/mol. The third-order valence-corrected chi connectivity index (χ3v) is 4.31. The van der Waals surface area contributed by atoms with Crippen LogP contribution < -0.4 is 0 Å². The predicted octanol–water partition coefficient (Wildman–Crippen LogP) is 3.11. The van der Waals surface area contributed by atoms with Gasteiger partial charge in [-0.1, -0.05) is 48.5 Å². The van der Waals surface area contributed by atoms with Crippen molar-refractivity contribution in [1.82, 2.24) is 0 Å². The Kier molecular flexibility index (Phi) is 4.02. The fraction of sp³-hybridized carbons (Fsp3) is 0.0667. The average Bonchev–Trinajstić information content (AvgIpc) is 2.46. The minimum absolute atomic E-state index is 0.0649. The minimum atomic E-state index is -3.61. The Morgan fingerprint density at radius 1 is 0.947 bits per heavy atom. The molecule has 0 fully saturated rings. The summed E-state index contributed by atoms with van der Waals surface area (Å²) in [5, 5.41) is -0.0649. The van der Waals surface area contributed by atoms with E-state index in [1.165, 1.54) is 13.2 Å². The maximum atomic E-state index is 12.4. The molecule has 2 aromatic rings. The zero-order valence-electron chi connectivity index (χ0n) is 10.5. The second-order valence-electron chi connectivity index (χ2n) is 3.89. The molecule has 0 aromatic heterocycles. The monoisotopic (exact) mass is 274 g/mol. The number of sulfone groups is 1. The van der Waals surface area contributed by atoms with E-state index in [0.29, 0.717) is 0 Å². The summed E-state index contributed by atoms with van der Waals surface area (Å²) in [4.78, 5) is 0.221. The molecule has 0 aliphatic carbocycles. The standard InChI is InChI=1S/C15H14O3S/c1-18-15(12-13-8-4-2-5-9-13)19(16,17)14-10-6-3-7-11-14/h2-12H,1H3/b15-12-. The predicted molar refractivity (Wildman–Crippen MR) is 75.1 cm³/mol. The Labute approximate surface area is 113 Å². The molecule has 2 rings (SSSR count). The van der Waals surface area contributed by atoms with Crippen LogP contribution in [-0.2, 0) is 14.6 Å². The Hall–Kier alpha value is -2.07. The van der Waals surface area contributed by atoms with E-state index >= 15 is 0 Å².